The first-order valence-electron chi connectivity index (χ1n) is 11.7. The highest BCUT2D eigenvalue weighted by atomic mass is 35.5. The minimum absolute atomic E-state index is 0.152. The fourth-order valence-electron chi connectivity index (χ4n) is 5.31. The van der Waals surface area contributed by atoms with Crippen molar-refractivity contribution in [1.29, 1.82) is 0 Å². The number of rotatable bonds is 7. The minimum atomic E-state index is -0.797. The summed E-state index contributed by atoms with van der Waals surface area (Å²) in [6, 6.07) is 18.2. The maximum atomic E-state index is 13.1. The molecule has 3 aromatic rings. The van der Waals surface area contributed by atoms with Gasteiger partial charge in [0.15, 0.2) is 12.2 Å². The summed E-state index contributed by atoms with van der Waals surface area (Å²) in [6.45, 7) is 2.92. The molecule has 1 unspecified atom stereocenters. The van der Waals surface area contributed by atoms with E-state index in [1.54, 1.807) is 12.1 Å². The lowest BCUT2D eigenvalue weighted by Crippen LogP contribution is -2.65. The number of hydrogen-bond acceptors (Lipinski definition) is 5. The van der Waals surface area contributed by atoms with E-state index in [1.807, 2.05) is 53.9 Å². The lowest BCUT2D eigenvalue weighted by Gasteiger charge is -2.51. The van der Waals surface area contributed by atoms with Gasteiger partial charge in [-0.05, 0) is 23.6 Å². The molecule has 1 atom stereocenters. The summed E-state index contributed by atoms with van der Waals surface area (Å²) in [6.07, 6.45) is 0.00698. The third kappa shape index (κ3) is 5.26. The minimum Gasteiger partial charge on any atom is -0.425 e. The van der Waals surface area contributed by atoms with Crippen molar-refractivity contribution in [2.75, 3.05) is 26.2 Å². The Morgan fingerprint density at radius 2 is 1.57 bits per heavy atom. The summed E-state index contributed by atoms with van der Waals surface area (Å²) in [4.78, 5) is 26.7. The molecule has 0 spiro atoms. The molecule has 1 aromatic heterocycles. The summed E-state index contributed by atoms with van der Waals surface area (Å²) in [5.41, 5.74) is 1.27. The number of benzene rings is 2. The van der Waals surface area contributed by atoms with Gasteiger partial charge in [0.2, 0.25) is 5.78 Å². The highest BCUT2D eigenvalue weighted by Gasteiger charge is 2.49. The first-order valence-corrected chi connectivity index (χ1v) is 13.4. The molecular formula is C27H26Cl2NO4S+. The van der Waals surface area contributed by atoms with Gasteiger partial charge in [-0.15, -0.1) is 11.3 Å². The fraction of sp³-hybridized carbons (Fsp3) is 0.333. The molecule has 3 fully saturated rings. The first-order chi connectivity index (χ1) is 16.9. The lowest BCUT2D eigenvalue weighted by molar-refractivity contribution is -0.938. The zero-order valence-electron chi connectivity index (χ0n) is 19.1. The van der Waals surface area contributed by atoms with Crippen LogP contribution in [-0.4, -0.2) is 48.7 Å². The molecule has 3 saturated heterocycles. The van der Waals surface area contributed by atoms with Crippen molar-refractivity contribution < 1.29 is 23.5 Å². The first kappa shape index (κ1) is 24.3. The molecule has 0 saturated carbocycles. The van der Waals surface area contributed by atoms with Gasteiger partial charge in [0.25, 0.3) is 0 Å². The van der Waals surface area contributed by atoms with Crippen LogP contribution in [0.15, 0.2) is 66.0 Å². The predicted octanol–water partition coefficient (Wildman–Crippen LogP) is 6.79. The summed E-state index contributed by atoms with van der Waals surface area (Å²) in [5.74, 6) is 0.428. The molecule has 3 aliphatic heterocycles. The molecule has 8 heteroatoms. The highest BCUT2D eigenvalue weighted by Crippen LogP contribution is 2.38. The van der Waals surface area contributed by atoms with Crippen molar-refractivity contribution in [2.24, 2.45) is 5.92 Å². The van der Waals surface area contributed by atoms with Gasteiger partial charge in [0.1, 0.15) is 13.1 Å². The van der Waals surface area contributed by atoms with E-state index < -0.39 is 12.3 Å². The number of carbonyl (C=O) groups is 2. The van der Waals surface area contributed by atoms with Crippen molar-refractivity contribution in [3.05, 3.63) is 92.1 Å². The number of nitrogens with zero attached hydrogens (tertiary/aromatic N) is 1. The van der Waals surface area contributed by atoms with Crippen LogP contribution in [0.25, 0.3) is 0 Å². The number of hydrogen-bond donors (Lipinski definition) is 0. The van der Waals surface area contributed by atoms with Crippen LogP contribution in [-0.2, 0) is 9.47 Å². The summed E-state index contributed by atoms with van der Waals surface area (Å²) >= 11 is 14.4. The molecule has 0 amide bonds. The zero-order valence-corrected chi connectivity index (χ0v) is 21.4. The van der Waals surface area contributed by atoms with Crippen molar-refractivity contribution in [1.82, 2.24) is 0 Å². The van der Waals surface area contributed by atoms with E-state index in [0.29, 0.717) is 38.7 Å². The van der Waals surface area contributed by atoms with Crippen molar-refractivity contribution >= 4 is 46.5 Å². The molecular weight excluding hydrogens is 505 g/mol. The Morgan fingerprint density at radius 3 is 2.14 bits per heavy atom. The summed E-state index contributed by atoms with van der Waals surface area (Å²) < 4.78 is 12.4. The van der Waals surface area contributed by atoms with Crippen LogP contribution >= 0.6 is 34.5 Å². The molecule has 2 aromatic carbocycles. The lowest BCUT2D eigenvalue weighted by atomic mass is 9.83. The van der Waals surface area contributed by atoms with Gasteiger partial charge in [0, 0.05) is 39.9 Å². The van der Waals surface area contributed by atoms with Gasteiger partial charge in [-0.2, -0.15) is 0 Å². The Hall–Kier alpha value is -2.38. The molecule has 0 radical (unpaired) electrons. The standard InChI is InChI=1S/C27H26Cl2NO4S/c28-21-8-3-1-6-19(21)26(20-7-2-4-9-22(20)29)34-27(32)33-24-17-30(13-11-18(24)12-14-30)16-23(31)25-10-5-15-35-25/h1-10,15,18,24,26H,11-14,16-17H2/q+1. The van der Waals surface area contributed by atoms with Crippen molar-refractivity contribution in [2.45, 2.75) is 25.0 Å². The van der Waals surface area contributed by atoms with E-state index in [9.17, 15) is 9.59 Å². The smallest absolute Gasteiger partial charge is 0.425 e. The van der Waals surface area contributed by atoms with Crippen LogP contribution in [0.1, 0.15) is 39.7 Å². The third-order valence-corrected chi connectivity index (χ3v) is 8.75. The van der Waals surface area contributed by atoms with Crippen LogP contribution in [0.2, 0.25) is 10.0 Å². The Labute approximate surface area is 218 Å². The van der Waals surface area contributed by atoms with Gasteiger partial charge >= 0.3 is 6.16 Å². The Balaban J connectivity index is 1.31. The zero-order chi connectivity index (χ0) is 24.4. The third-order valence-electron chi connectivity index (χ3n) is 7.15. The number of carbonyl (C=O) groups excluding carboxylic acids is 2. The van der Waals surface area contributed by atoms with Gasteiger partial charge in [-0.3, -0.25) is 4.79 Å². The molecule has 0 N–H and O–H groups in total. The Kier molecular flexibility index (Phi) is 7.17. The SMILES string of the molecule is O=C(OC(c1ccccc1Cl)c1ccccc1Cl)OC1C[N+]2(CC(=O)c3cccs3)CCC1CC2. The average molecular weight is 531 g/mol. The molecule has 4 heterocycles. The number of piperidine rings is 3. The number of halogens is 2. The van der Waals surface area contributed by atoms with Gasteiger partial charge in [0.05, 0.1) is 18.0 Å². The molecule has 0 aliphatic carbocycles. The van der Waals surface area contributed by atoms with E-state index >= 15 is 0 Å². The van der Waals surface area contributed by atoms with E-state index in [0.717, 1.165) is 30.8 Å². The van der Waals surface area contributed by atoms with Crippen LogP contribution in [0.4, 0.5) is 4.79 Å². The van der Waals surface area contributed by atoms with E-state index in [4.69, 9.17) is 32.7 Å². The van der Waals surface area contributed by atoms with E-state index in [-0.39, 0.29) is 17.8 Å². The topological polar surface area (TPSA) is 52.6 Å². The number of ether oxygens (including phenoxy) is 2. The molecule has 2 bridgehead atoms. The van der Waals surface area contributed by atoms with Crippen molar-refractivity contribution in [3.8, 4) is 0 Å². The van der Waals surface area contributed by atoms with Gasteiger partial charge < -0.3 is 14.0 Å². The molecule has 3 aliphatic rings. The summed E-state index contributed by atoms with van der Waals surface area (Å²) in [7, 11) is 0. The monoisotopic (exact) mass is 530 g/mol. The Bertz CT molecular complexity index is 1160. The Morgan fingerprint density at radius 1 is 0.943 bits per heavy atom. The quantitative estimate of drug-likeness (QED) is 0.191. The van der Waals surface area contributed by atoms with E-state index in [2.05, 4.69) is 0 Å². The normalized spacial score (nSPS) is 23.3. The number of Topliss-reactive ketones (excluding diaryl/α,β-unsaturated/α-hetero) is 1. The maximum absolute atomic E-state index is 13.1. The van der Waals surface area contributed by atoms with Crippen LogP contribution in [0.3, 0.4) is 0 Å². The second kappa shape index (κ2) is 10.3. The highest BCUT2D eigenvalue weighted by molar-refractivity contribution is 7.12. The average Bonchev–Trinajstić information content (AvgIpc) is 3.40. The molecule has 35 heavy (non-hydrogen) atoms. The molecule has 6 rings (SSSR count). The number of ketones is 1. The largest absolute Gasteiger partial charge is 0.509 e. The second-order valence-corrected chi connectivity index (χ2v) is 11.1. The van der Waals surface area contributed by atoms with Crippen LogP contribution in [0, 0.1) is 5.92 Å². The summed E-state index contributed by atoms with van der Waals surface area (Å²) in [5, 5.41) is 2.88. The van der Waals surface area contributed by atoms with E-state index in [1.165, 1.54) is 11.3 Å². The molecule has 182 valence electrons. The van der Waals surface area contributed by atoms with Gasteiger partial charge in [-0.1, -0.05) is 65.7 Å². The maximum Gasteiger partial charge on any atom is 0.509 e. The van der Waals surface area contributed by atoms with Crippen molar-refractivity contribution in [3.63, 3.8) is 0 Å². The predicted molar refractivity (Wildman–Crippen MR) is 137 cm³/mol. The second-order valence-electron chi connectivity index (χ2n) is 9.31. The molecule has 5 nitrogen and oxygen atoms in total. The van der Waals surface area contributed by atoms with Crippen LogP contribution < -0.4 is 0 Å². The number of thiophene rings is 1. The fourth-order valence-corrected chi connectivity index (χ4v) is 6.44. The van der Waals surface area contributed by atoms with Crippen LogP contribution in [0.5, 0.6) is 0 Å². The number of quaternary nitrogens is 1. The number of fused-ring (bicyclic) bond motifs is 3. The van der Waals surface area contributed by atoms with Gasteiger partial charge in [-0.25, -0.2) is 4.79 Å².